The Hall–Kier alpha value is -1.68. The number of piperidine rings is 2. The fourth-order valence-corrected chi connectivity index (χ4v) is 3.74. The van der Waals surface area contributed by atoms with Gasteiger partial charge in [0.2, 0.25) is 0 Å². The summed E-state index contributed by atoms with van der Waals surface area (Å²) in [4.78, 5) is 26.1. The third-order valence-electron chi connectivity index (χ3n) is 4.72. The maximum Gasteiger partial charge on any atom is 0.308 e. The minimum Gasteiger partial charge on any atom is -0.469 e. The SMILES string of the molecule is COC(=O)C1CC2CC(=O)CC(C1)N2Cc1ccccc1. The third kappa shape index (κ3) is 3.00. The molecule has 0 radical (unpaired) electrons. The second-order valence-corrected chi connectivity index (χ2v) is 6.10. The number of fused-ring (bicyclic) bond motifs is 2. The molecule has 0 N–H and O–H groups in total. The van der Waals surface area contributed by atoms with Crippen molar-refractivity contribution in [2.75, 3.05) is 7.11 Å². The van der Waals surface area contributed by atoms with Crippen LogP contribution in [-0.2, 0) is 20.9 Å². The predicted molar refractivity (Wildman–Crippen MR) is 78.5 cm³/mol. The van der Waals surface area contributed by atoms with Crippen molar-refractivity contribution >= 4 is 11.8 Å². The molecule has 2 saturated heterocycles. The fraction of sp³-hybridized carbons (Fsp3) is 0.529. The topological polar surface area (TPSA) is 46.6 Å². The molecule has 2 fully saturated rings. The molecule has 0 saturated carbocycles. The third-order valence-corrected chi connectivity index (χ3v) is 4.72. The van der Waals surface area contributed by atoms with Crippen LogP contribution in [0.3, 0.4) is 0 Å². The van der Waals surface area contributed by atoms with Gasteiger partial charge in [0.05, 0.1) is 13.0 Å². The predicted octanol–water partition coefficient (Wildman–Crippen LogP) is 2.17. The molecule has 21 heavy (non-hydrogen) atoms. The standard InChI is InChI=1S/C17H21NO3/c1-21-17(20)13-7-14-9-16(19)10-15(8-13)18(14)11-12-5-3-2-4-6-12/h2-6,13-15H,7-11H2,1H3. The maximum atomic E-state index is 11.9. The Labute approximate surface area is 125 Å². The van der Waals surface area contributed by atoms with E-state index in [-0.39, 0.29) is 24.0 Å². The van der Waals surface area contributed by atoms with Gasteiger partial charge in [-0.2, -0.15) is 0 Å². The van der Waals surface area contributed by atoms with E-state index in [4.69, 9.17) is 4.74 Å². The highest BCUT2D eigenvalue weighted by Crippen LogP contribution is 2.37. The van der Waals surface area contributed by atoms with Gasteiger partial charge in [0, 0.05) is 31.5 Å². The number of ketones is 1. The van der Waals surface area contributed by atoms with Gasteiger partial charge >= 0.3 is 5.97 Å². The van der Waals surface area contributed by atoms with Gasteiger partial charge in [-0.15, -0.1) is 0 Å². The Bertz CT molecular complexity index is 510. The van der Waals surface area contributed by atoms with Crippen LogP contribution in [0.4, 0.5) is 0 Å². The lowest BCUT2D eigenvalue weighted by Crippen LogP contribution is -2.55. The number of carbonyl (C=O) groups is 2. The van der Waals surface area contributed by atoms with Crippen molar-refractivity contribution in [3.05, 3.63) is 35.9 Å². The zero-order chi connectivity index (χ0) is 14.8. The van der Waals surface area contributed by atoms with Crippen molar-refractivity contribution in [1.82, 2.24) is 4.90 Å². The molecule has 4 nitrogen and oxygen atoms in total. The van der Waals surface area contributed by atoms with E-state index in [1.807, 2.05) is 18.2 Å². The molecule has 2 aliphatic rings. The summed E-state index contributed by atoms with van der Waals surface area (Å²) in [6, 6.07) is 10.7. The molecule has 2 unspecified atom stereocenters. The molecule has 1 aromatic carbocycles. The Morgan fingerprint density at radius 1 is 1.19 bits per heavy atom. The first-order chi connectivity index (χ1) is 10.2. The first-order valence-corrected chi connectivity index (χ1v) is 7.56. The van der Waals surface area contributed by atoms with E-state index in [0.717, 1.165) is 19.4 Å². The summed E-state index contributed by atoms with van der Waals surface area (Å²) in [7, 11) is 1.44. The highest BCUT2D eigenvalue weighted by molar-refractivity contribution is 5.81. The molecular formula is C17H21NO3. The molecule has 2 aliphatic heterocycles. The Morgan fingerprint density at radius 3 is 2.38 bits per heavy atom. The molecule has 4 heteroatoms. The summed E-state index contributed by atoms with van der Waals surface area (Å²) in [5.74, 6) is 0.154. The van der Waals surface area contributed by atoms with Gasteiger partial charge in [0.15, 0.2) is 0 Å². The Morgan fingerprint density at radius 2 is 1.81 bits per heavy atom. The number of Topliss-reactive ketones (excluding diaryl/α,β-unsaturated/α-hetero) is 1. The van der Waals surface area contributed by atoms with Crippen LogP contribution in [0.15, 0.2) is 30.3 Å². The van der Waals surface area contributed by atoms with Crippen LogP contribution >= 0.6 is 0 Å². The number of hydrogen-bond donors (Lipinski definition) is 0. The molecule has 0 amide bonds. The van der Waals surface area contributed by atoms with Gasteiger partial charge in [0.1, 0.15) is 5.78 Å². The van der Waals surface area contributed by atoms with Gasteiger partial charge in [-0.1, -0.05) is 30.3 Å². The van der Waals surface area contributed by atoms with E-state index in [1.54, 1.807) is 0 Å². The van der Waals surface area contributed by atoms with E-state index in [2.05, 4.69) is 17.0 Å². The first-order valence-electron chi connectivity index (χ1n) is 7.56. The number of rotatable bonds is 3. The van der Waals surface area contributed by atoms with E-state index in [0.29, 0.717) is 18.6 Å². The van der Waals surface area contributed by atoms with Crippen molar-refractivity contribution < 1.29 is 14.3 Å². The van der Waals surface area contributed by atoms with Crippen LogP contribution in [0, 0.1) is 5.92 Å². The molecule has 0 aliphatic carbocycles. The number of methoxy groups -OCH3 is 1. The number of hydrogen-bond acceptors (Lipinski definition) is 4. The average Bonchev–Trinajstić information content (AvgIpc) is 2.48. The number of nitrogens with zero attached hydrogens (tertiary/aromatic N) is 1. The maximum absolute atomic E-state index is 11.9. The second kappa shape index (κ2) is 5.98. The fourth-order valence-electron chi connectivity index (χ4n) is 3.74. The van der Waals surface area contributed by atoms with Gasteiger partial charge in [-0.05, 0) is 18.4 Å². The molecule has 2 atom stereocenters. The number of carbonyl (C=O) groups excluding carboxylic acids is 2. The van der Waals surface area contributed by atoms with E-state index in [1.165, 1.54) is 12.7 Å². The molecule has 3 rings (SSSR count). The lowest BCUT2D eigenvalue weighted by atomic mass is 9.77. The van der Waals surface area contributed by atoms with E-state index >= 15 is 0 Å². The average molecular weight is 287 g/mol. The highest BCUT2D eigenvalue weighted by atomic mass is 16.5. The first kappa shape index (κ1) is 14.3. The summed E-state index contributed by atoms with van der Waals surface area (Å²) >= 11 is 0. The molecule has 2 heterocycles. The zero-order valence-corrected chi connectivity index (χ0v) is 12.3. The van der Waals surface area contributed by atoms with Crippen LogP contribution in [-0.4, -0.2) is 35.8 Å². The molecule has 2 bridgehead atoms. The highest BCUT2D eigenvalue weighted by Gasteiger charge is 2.43. The summed E-state index contributed by atoms with van der Waals surface area (Å²) in [5.41, 5.74) is 1.26. The molecule has 1 aromatic rings. The van der Waals surface area contributed by atoms with Gasteiger partial charge in [-0.3, -0.25) is 14.5 Å². The van der Waals surface area contributed by atoms with Crippen molar-refractivity contribution in [1.29, 1.82) is 0 Å². The van der Waals surface area contributed by atoms with Gasteiger partial charge in [0.25, 0.3) is 0 Å². The summed E-state index contributed by atoms with van der Waals surface area (Å²) in [5, 5.41) is 0. The normalized spacial score (nSPS) is 29.2. The van der Waals surface area contributed by atoms with E-state index < -0.39 is 0 Å². The number of esters is 1. The van der Waals surface area contributed by atoms with Gasteiger partial charge < -0.3 is 4.74 Å². The van der Waals surface area contributed by atoms with Crippen molar-refractivity contribution in [2.45, 2.75) is 44.3 Å². The zero-order valence-electron chi connectivity index (χ0n) is 12.3. The van der Waals surface area contributed by atoms with Crippen molar-refractivity contribution in [3.63, 3.8) is 0 Å². The minimum absolute atomic E-state index is 0.0508. The Balaban J connectivity index is 1.76. The lowest BCUT2D eigenvalue weighted by Gasteiger charge is -2.47. The molecule has 0 spiro atoms. The van der Waals surface area contributed by atoms with Crippen molar-refractivity contribution in [3.8, 4) is 0 Å². The van der Waals surface area contributed by atoms with Crippen molar-refractivity contribution in [2.24, 2.45) is 5.92 Å². The minimum atomic E-state index is -0.126. The lowest BCUT2D eigenvalue weighted by molar-refractivity contribution is -0.152. The van der Waals surface area contributed by atoms with Gasteiger partial charge in [-0.25, -0.2) is 0 Å². The summed E-state index contributed by atoms with van der Waals surface area (Å²) in [6.45, 7) is 0.858. The summed E-state index contributed by atoms with van der Waals surface area (Å²) < 4.78 is 4.89. The van der Waals surface area contributed by atoms with Crippen LogP contribution in [0.2, 0.25) is 0 Å². The molecular weight excluding hydrogens is 266 g/mol. The van der Waals surface area contributed by atoms with Crippen LogP contribution in [0.1, 0.15) is 31.2 Å². The van der Waals surface area contributed by atoms with Crippen LogP contribution in [0.5, 0.6) is 0 Å². The number of benzene rings is 1. The quantitative estimate of drug-likeness (QED) is 0.799. The molecule has 112 valence electrons. The second-order valence-electron chi connectivity index (χ2n) is 6.10. The number of ether oxygens (including phenoxy) is 1. The molecule has 0 aromatic heterocycles. The summed E-state index contributed by atoms with van der Waals surface area (Å²) in [6.07, 6.45) is 2.61. The van der Waals surface area contributed by atoms with Crippen LogP contribution < -0.4 is 0 Å². The monoisotopic (exact) mass is 287 g/mol. The smallest absolute Gasteiger partial charge is 0.308 e. The Kier molecular flexibility index (Phi) is 4.06. The van der Waals surface area contributed by atoms with Crippen LogP contribution in [0.25, 0.3) is 0 Å². The van der Waals surface area contributed by atoms with E-state index in [9.17, 15) is 9.59 Å². The largest absolute Gasteiger partial charge is 0.469 e.